The van der Waals surface area contributed by atoms with Gasteiger partial charge in [0, 0.05) is 28.8 Å². The van der Waals surface area contributed by atoms with Crippen LogP contribution in [0, 0.1) is 5.41 Å². The number of carbonyl (C=O) groups excluding carboxylic acids is 2. The minimum absolute atomic E-state index is 0.0821. The number of amides is 2. The average Bonchev–Trinajstić information content (AvgIpc) is 2.93. The molecule has 4 rings (SSSR count). The number of morpholine rings is 1. The molecule has 2 atom stereocenters. The summed E-state index contributed by atoms with van der Waals surface area (Å²) in [7, 11) is -3.80. The van der Waals surface area contributed by atoms with Gasteiger partial charge in [0.05, 0.1) is 23.6 Å². The molecule has 5 N–H and O–H groups in total. The molecular formula is C28H30BrN5O5S. The number of benzene rings is 3. The molecule has 1 aliphatic heterocycles. The van der Waals surface area contributed by atoms with Gasteiger partial charge in [-0.25, -0.2) is 8.42 Å². The minimum Gasteiger partial charge on any atom is -0.384 e. The molecule has 3 aromatic carbocycles. The third-order valence-corrected chi connectivity index (χ3v) is 9.29. The van der Waals surface area contributed by atoms with Gasteiger partial charge < -0.3 is 21.1 Å². The summed E-state index contributed by atoms with van der Waals surface area (Å²) in [5.41, 5.74) is 8.02. The van der Waals surface area contributed by atoms with E-state index in [1.54, 1.807) is 43.3 Å². The number of amidine groups is 1. The smallest absolute Gasteiger partial charge is 0.244 e. The number of nitrogens with two attached hydrogens (primary N) is 1. The predicted molar refractivity (Wildman–Crippen MR) is 155 cm³/mol. The van der Waals surface area contributed by atoms with Crippen LogP contribution in [-0.2, 0) is 24.3 Å². The van der Waals surface area contributed by atoms with Crippen LogP contribution in [-0.4, -0.2) is 50.1 Å². The van der Waals surface area contributed by atoms with Crippen molar-refractivity contribution in [1.82, 2.24) is 9.62 Å². The van der Waals surface area contributed by atoms with Crippen molar-refractivity contribution in [2.45, 2.75) is 30.4 Å². The van der Waals surface area contributed by atoms with E-state index in [2.05, 4.69) is 26.6 Å². The molecule has 1 saturated heterocycles. The van der Waals surface area contributed by atoms with Crippen molar-refractivity contribution in [3.8, 4) is 0 Å². The molecule has 1 unspecified atom stereocenters. The van der Waals surface area contributed by atoms with E-state index in [0.717, 1.165) is 5.56 Å². The standard InChI is InChI=1S/C28H30BrN5O5S/c1-18(32-26(35)16-27(36)33-22-10-7-20(8-11-22)28(30)31)21-9-12-25(23(29)15-21)40(37,38)34-13-14-39-24(17-34)19-5-3-2-4-6-19/h2-12,15,18,24H,13-14,16-17H2,1H3,(H3,30,31)(H,32,35)(H,33,36)/t18-,24?/m0/s1. The Hall–Kier alpha value is -3.58. The number of halogens is 1. The lowest BCUT2D eigenvalue weighted by molar-refractivity contribution is -0.127. The van der Waals surface area contributed by atoms with Gasteiger partial charge >= 0.3 is 0 Å². The molecule has 1 fully saturated rings. The van der Waals surface area contributed by atoms with Gasteiger partial charge in [-0.15, -0.1) is 0 Å². The van der Waals surface area contributed by atoms with E-state index in [-0.39, 0.29) is 36.5 Å². The highest BCUT2D eigenvalue weighted by Crippen LogP contribution is 2.31. The van der Waals surface area contributed by atoms with Crippen molar-refractivity contribution in [2.75, 3.05) is 25.0 Å². The monoisotopic (exact) mass is 627 g/mol. The number of carbonyl (C=O) groups is 2. The number of anilines is 1. The molecule has 0 saturated carbocycles. The molecular weight excluding hydrogens is 598 g/mol. The van der Waals surface area contributed by atoms with Gasteiger partial charge in [0.2, 0.25) is 21.8 Å². The number of nitrogen functional groups attached to an aromatic ring is 1. The maximum atomic E-state index is 13.5. The van der Waals surface area contributed by atoms with E-state index in [1.807, 2.05) is 30.3 Å². The molecule has 0 radical (unpaired) electrons. The van der Waals surface area contributed by atoms with Gasteiger partial charge in [-0.05, 0) is 70.4 Å². The molecule has 12 heteroatoms. The summed E-state index contributed by atoms with van der Waals surface area (Å²) in [6, 6.07) is 20.2. The maximum absolute atomic E-state index is 13.5. The first kappa shape index (κ1) is 29.4. The first-order chi connectivity index (χ1) is 19.0. The first-order valence-corrected chi connectivity index (χ1v) is 14.8. The Morgan fingerprint density at radius 2 is 1.80 bits per heavy atom. The summed E-state index contributed by atoms with van der Waals surface area (Å²) in [5.74, 6) is -1.07. The highest BCUT2D eigenvalue weighted by Gasteiger charge is 2.33. The van der Waals surface area contributed by atoms with E-state index in [9.17, 15) is 18.0 Å². The fraction of sp³-hybridized carbons (Fsp3) is 0.250. The Morgan fingerprint density at radius 3 is 2.45 bits per heavy atom. The number of ether oxygens (including phenoxy) is 1. The molecule has 0 aromatic heterocycles. The minimum atomic E-state index is -3.80. The molecule has 1 aliphatic rings. The summed E-state index contributed by atoms with van der Waals surface area (Å²) >= 11 is 3.40. The first-order valence-electron chi connectivity index (χ1n) is 12.5. The Bertz CT molecular complexity index is 1500. The quantitative estimate of drug-likeness (QED) is 0.161. The molecule has 1 heterocycles. The predicted octanol–water partition coefficient (Wildman–Crippen LogP) is 3.70. The Balaban J connectivity index is 1.36. The number of nitrogens with zero attached hydrogens (tertiary/aromatic N) is 1. The van der Waals surface area contributed by atoms with Gasteiger partial charge in [-0.2, -0.15) is 4.31 Å². The molecule has 10 nitrogen and oxygen atoms in total. The molecule has 0 aliphatic carbocycles. The van der Waals surface area contributed by atoms with Crippen molar-refractivity contribution in [3.63, 3.8) is 0 Å². The maximum Gasteiger partial charge on any atom is 0.244 e. The molecule has 210 valence electrons. The Labute approximate surface area is 241 Å². The van der Waals surface area contributed by atoms with Gasteiger partial charge in [-0.3, -0.25) is 15.0 Å². The highest BCUT2D eigenvalue weighted by atomic mass is 79.9. The number of hydrogen-bond donors (Lipinski definition) is 4. The van der Waals surface area contributed by atoms with E-state index in [0.29, 0.717) is 21.3 Å². The zero-order valence-corrected chi connectivity index (χ0v) is 24.2. The largest absolute Gasteiger partial charge is 0.384 e. The molecule has 40 heavy (non-hydrogen) atoms. The van der Waals surface area contributed by atoms with Gasteiger partial charge in [0.1, 0.15) is 12.3 Å². The fourth-order valence-electron chi connectivity index (χ4n) is 4.31. The van der Waals surface area contributed by atoms with E-state index in [4.69, 9.17) is 15.9 Å². The molecule has 2 amide bonds. The second-order valence-electron chi connectivity index (χ2n) is 9.33. The second kappa shape index (κ2) is 12.7. The average molecular weight is 629 g/mol. The van der Waals surface area contributed by atoms with Crippen LogP contribution in [0.25, 0.3) is 0 Å². The normalized spacial score (nSPS) is 16.6. The lowest BCUT2D eigenvalue weighted by Gasteiger charge is -2.32. The van der Waals surface area contributed by atoms with Crippen LogP contribution in [0.2, 0.25) is 0 Å². The topological polar surface area (TPSA) is 155 Å². The molecule has 0 bridgehead atoms. The van der Waals surface area contributed by atoms with E-state index >= 15 is 0 Å². The third kappa shape index (κ3) is 7.13. The summed E-state index contributed by atoms with van der Waals surface area (Å²) < 4.78 is 34.6. The number of nitrogens with one attached hydrogen (secondary N) is 3. The number of hydrogen-bond acceptors (Lipinski definition) is 6. The molecule has 3 aromatic rings. The van der Waals surface area contributed by atoms with Crippen molar-refractivity contribution in [2.24, 2.45) is 5.73 Å². The third-order valence-electron chi connectivity index (χ3n) is 6.45. The second-order valence-corrected chi connectivity index (χ2v) is 12.1. The van der Waals surface area contributed by atoms with Gasteiger partial charge in [0.15, 0.2) is 0 Å². The van der Waals surface area contributed by atoms with Crippen LogP contribution >= 0.6 is 15.9 Å². The fourth-order valence-corrected chi connectivity index (χ4v) is 6.79. The summed E-state index contributed by atoms with van der Waals surface area (Å²) in [6.07, 6.45) is -0.749. The Morgan fingerprint density at radius 1 is 1.10 bits per heavy atom. The van der Waals surface area contributed by atoms with Crippen molar-refractivity contribution >= 4 is 49.3 Å². The number of rotatable bonds is 9. The van der Waals surface area contributed by atoms with Crippen molar-refractivity contribution in [3.05, 3.63) is 94.0 Å². The van der Waals surface area contributed by atoms with Gasteiger partial charge in [0.25, 0.3) is 0 Å². The van der Waals surface area contributed by atoms with Crippen LogP contribution in [0.4, 0.5) is 5.69 Å². The lowest BCUT2D eigenvalue weighted by Crippen LogP contribution is -2.42. The van der Waals surface area contributed by atoms with E-state index in [1.165, 1.54) is 10.4 Å². The van der Waals surface area contributed by atoms with Crippen molar-refractivity contribution < 1.29 is 22.7 Å². The van der Waals surface area contributed by atoms with Crippen LogP contribution in [0.5, 0.6) is 0 Å². The van der Waals surface area contributed by atoms with Crippen molar-refractivity contribution in [1.29, 1.82) is 5.41 Å². The molecule has 0 spiro atoms. The zero-order chi connectivity index (χ0) is 28.9. The van der Waals surface area contributed by atoms with Crippen LogP contribution in [0.3, 0.4) is 0 Å². The summed E-state index contributed by atoms with van der Waals surface area (Å²) in [4.78, 5) is 24.9. The highest BCUT2D eigenvalue weighted by molar-refractivity contribution is 9.10. The SMILES string of the molecule is C[C@H](NC(=O)CC(=O)Nc1ccc(C(=N)N)cc1)c1ccc(S(=O)(=O)N2CCOC(c3ccccc3)C2)c(Br)c1. The van der Waals surface area contributed by atoms with E-state index < -0.39 is 34.3 Å². The summed E-state index contributed by atoms with van der Waals surface area (Å²) in [5, 5.41) is 12.8. The summed E-state index contributed by atoms with van der Waals surface area (Å²) in [6.45, 7) is 2.48. The zero-order valence-electron chi connectivity index (χ0n) is 21.8. The lowest BCUT2D eigenvalue weighted by atomic mass is 10.1. The van der Waals surface area contributed by atoms with Gasteiger partial charge in [-0.1, -0.05) is 36.4 Å². The number of sulfonamides is 1. The van der Waals surface area contributed by atoms with Crippen LogP contribution < -0.4 is 16.4 Å². The Kier molecular flexibility index (Phi) is 9.36. The van der Waals surface area contributed by atoms with Crippen LogP contribution in [0.15, 0.2) is 82.2 Å². The van der Waals surface area contributed by atoms with Crippen LogP contribution in [0.1, 0.15) is 42.2 Å².